The smallest absolute Gasteiger partial charge is 0.328 e. The molecular formula is C16H22N4O3. The van der Waals surface area contributed by atoms with Gasteiger partial charge in [-0.15, -0.1) is 0 Å². The normalized spacial score (nSPS) is 18.3. The number of benzene rings is 1. The molecule has 7 heteroatoms. The van der Waals surface area contributed by atoms with Gasteiger partial charge in [0.25, 0.3) is 0 Å². The lowest BCUT2D eigenvalue weighted by atomic mass is 10.1. The number of fused-ring (bicyclic) bond motifs is 1. The molecule has 1 aromatic carbocycles. The quantitative estimate of drug-likeness (QED) is 0.823. The monoisotopic (exact) mass is 318 g/mol. The number of carbonyl (C=O) groups excluding carboxylic acids is 1. The van der Waals surface area contributed by atoms with Gasteiger partial charge in [0.15, 0.2) is 0 Å². The second kappa shape index (κ2) is 6.55. The molecule has 0 radical (unpaired) electrons. The van der Waals surface area contributed by atoms with Crippen LogP contribution in [0.2, 0.25) is 0 Å². The minimum atomic E-state index is -0.0513. The first kappa shape index (κ1) is 15.8. The van der Waals surface area contributed by atoms with E-state index in [-0.39, 0.29) is 17.6 Å². The van der Waals surface area contributed by atoms with Crippen molar-refractivity contribution >= 4 is 16.9 Å². The highest BCUT2D eigenvalue weighted by molar-refractivity contribution is 5.78. The summed E-state index contributed by atoms with van der Waals surface area (Å²) in [7, 11) is 3.51. The Morgan fingerprint density at radius 2 is 2.13 bits per heavy atom. The Labute approximate surface area is 134 Å². The summed E-state index contributed by atoms with van der Waals surface area (Å²) >= 11 is 0. The summed E-state index contributed by atoms with van der Waals surface area (Å²) in [4.78, 5) is 23.9. The van der Waals surface area contributed by atoms with Crippen LogP contribution in [0, 0.1) is 0 Å². The number of nitrogens with zero attached hydrogens (tertiary/aromatic N) is 2. The van der Waals surface area contributed by atoms with E-state index in [9.17, 15) is 9.59 Å². The number of hydrogen-bond acceptors (Lipinski definition) is 4. The van der Waals surface area contributed by atoms with Gasteiger partial charge in [-0.2, -0.15) is 0 Å². The van der Waals surface area contributed by atoms with E-state index in [1.165, 1.54) is 0 Å². The Balaban J connectivity index is 1.64. The number of rotatable bonds is 4. The first-order chi connectivity index (χ1) is 11.1. The zero-order valence-electron chi connectivity index (χ0n) is 13.5. The van der Waals surface area contributed by atoms with Crippen LogP contribution in [0.15, 0.2) is 23.0 Å². The van der Waals surface area contributed by atoms with Crippen LogP contribution in [0.4, 0.5) is 0 Å². The highest BCUT2D eigenvalue weighted by atomic mass is 16.5. The van der Waals surface area contributed by atoms with Crippen molar-refractivity contribution in [1.82, 2.24) is 19.8 Å². The molecule has 2 N–H and O–H groups in total. The van der Waals surface area contributed by atoms with Crippen LogP contribution in [-0.2, 0) is 30.2 Å². The molecule has 0 saturated carbocycles. The molecule has 1 aliphatic heterocycles. The van der Waals surface area contributed by atoms with Gasteiger partial charge in [-0.05, 0) is 17.7 Å². The first-order valence-corrected chi connectivity index (χ1v) is 7.78. The largest absolute Gasteiger partial charge is 0.378 e. The second-order valence-corrected chi connectivity index (χ2v) is 5.93. The molecule has 2 aromatic rings. The van der Waals surface area contributed by atoms with Crippen LogP contribution in [0.3, 0.4) is 0 Å². The fourth-order valence-corrected chi connectivity index (χ4v) is 2.91. The predicted molar refractivity (Wildman–Crippen MR) is 87.2 cm³/mol. The molecule has 124 valence electrons. The van der Waals surface area contributed by atoms with Gasteiger partial charge >= 0.3 is 5.69 Å². The van der Waals surface area contributed by atoms with Crippen molar-refractivity contribution in [3.05, 3.63) is 34.2 Å². The Morgan fingerprint density at radius 3 is 2.87 bits per heavy atom. The molecule has 0 bridgehead atoms. The summed E-state index contributed by atoms with van der Waals surface area (Å²) in [6, 6.07) is 5.87. The van der Waals surface area contributed by atoms with Gasteiger partial charge in [-0.1, -0.05) is 6.07 Å². The van der Waals surface area contributed by atoms with Gasteiger partial charge in [-0.25, -0.2) is 4.79 Å². The zero-order valence-corrected chi connectivity index (χ0v) is 13.5. The molecule has 1 aliphatic rings. The highest BCUT2D eigenvalue weighted by Gasteiger charge is 2.16. The number of ether oxygens (including phenoxy) is 1. The zero-order chi connectivity index (χ0) is 16.4. The Kier molecular flexibility index (Phi) is 4.49. The standard InChI is InChI=1S/C16H22N4O3/c1-19-13-4-3-11(7-14(13)20(2)16(19)22)9-18-15(21)8-12-10-23-6-5-17-12/h3-4,7,12,17H,5-6,8-10H2,1-2H3,(H,18,21). The minimum absolute atomic E-state index is 0.00459. The molecule has 1 aromatic heterocycles. The number of imidazole rings is 1. The number of aryl methyl sites for hydroxylation is 2. The summed E-state index contributed by atoms with van der Waals surface area (Å²) in [5.74, 6) is -0.00459. The highest BCUT2D eigenvalue weighted by Crippen LogP contribution is 2.14. The van der Waals surface area contributed by atoms with Gasteiger partial charge in [-0.3, -0.25) is 13.9 Å². The first-order valence-electron chi connectivity index (χ1n) is 7.78. The fraction of sp³-hybridized carbons (Fsp3) is 0.500. The van der Waals surface area contributed by atoms with Crippen molar-refractivity contribution in [2.75, 3.05) is 19.8 Å². The van der Waals surface area contributed by atoms with Gasteiger partial charge in [0.1, 0.15) is 0 Å². The van der Waals surface area contributed by atoms with Crippen LogP contribution in [0.1, 0.15) is 12.0 Å². The van der Waals surface area contributed by atoms with E-state index in [4.69, 9.17) is 4.74 Å². The minimum Gasteiger partial charge on any atom is -0.378 e. The fourth-order valence-electron chi connectivity index (χ4n) is 2.91. The SMILES string of the molecule is Cn1c(=O)n(C)c2cc(CNC(=O)CC3COCCN3)ccc21. The number of nitrogens with one attached hydrogen (secondary N) is 2. The van der Waals surface area contributed by atoms with E-state index in [0.29, 0.717) is 26.2 Å². The number of hydrogen-bond donors (Lipinski definition) is 2. The third-order valence-corrected chi connectivity index (χ3v) is 4.26. The van der Waals surface area contributed by atoms with Crippen molar-refractivity contribution in [2.45, 2.75) is 19.0 Å². The molecule has 1 fully saturated rings. The van der Waals surface area contributed by atoms with Crippen LogP contribution in [-0.4, -0.2) is 40.8 Å². The van der Waals surface area contributed by atoms with Gasteiger partial charge in [0.2, 0.25) is 5.91 Å². The topological polar surface area (TPSA) is 77.3 Å². The summed E-state index contributed by atoms with van der Waals surface area (Å²) < 4.78 is 8.58. The number of amides is 1. The third-order valence-electron chi connectivity index (χ3n) is 4.26. The lowest BCUT2D eigenvalue weighted by molar-refractivity contribution is -0.122. The average molecular weight is 318 g/mol. The van der Waals surface area contributed by atoms with E-state index >= 15 is 0 Å². The van der Waals surface area contributed by atoms with Gasteiger partial charge in [0, 0.05) is 39.6 Å². The maximum Gasteiger partial charge on any atom is 0.328 e. The Hall–Kier alpha value is -2.12. The van der Waals surface area contributed by atoms with Crippen molar-refractivity contribution in [3.63, 3.8) is 0 Å². The number of carbonyl (C=O) groups is 1. The molecule has 0 spiro atoms. The Bertz CT molecular complexity index is 771. The van der Waals surface area contributed by atoms with E-state index in [1.54, 1.807) is 23.2 Å². The number of aromatic nitrogens is 2. The molecule has 3 rings (SSSR count). The predicted octanol–water partition coefficient (Wildman–Crippen LogP) is -0.128. The molecular weight excluding hydrogens is 296 g/mol. The summed E-state index contributed by atoms with van der Waals surface area (Å²) in [6.45, 7) is 2.52. The molecule has 1 unspecified atom stereocenters. The molecule has 2 heterocycles. The van der Waals surface area contributed by atoms with E-state index in [1.807, 2.05) is 18.2 Å². The van der Waals surface area contributed by atoms with Crippen LogP contribution < -0.4 is 16.3 Å². The maximum atomic E-state index is 12.0. The van der Waals surface area contributed by atoms with Crippen LogP contribution in [0.25, 0.3) is 11.0 Å². The van der Waals surface area contributed by atoms with Crippen LogP contribution >= 0.6 is 0 Å². The van der Waals surface area contributed by atoms with Crippen molar-refractivity contribution < 1.29 is 9.53 Å². The lowest BCUT2D eigenvalue weighted by Crippen LogP contribution is -2.44. The lowest BCUT2D eigenvalue weighted by Gasteiger charge is -2.23. The summed E-state index contributed by atoms with van der Waals surface area (Å²) in [5, 5.41) is 6.19. The van der Waals surface area contributed by atoms with Crippen molar-refractivity contribution in [3.8, 4) is 0 Å². The van der Waals surface area contributed by atoms with Gasteiger partial charge < -0.3 is 15.4 Å². The summed E-state index contributed by atoms with van der Waals surface area (Å²) in [5.41, 5.74) is 2.67. The second-order valence-electron chi connectivity index (χ2n) is 5.93. The molecule has 23 heavy (non-hydrogen) atoms. The van der Waals surface area contributed by atoms with Crippen molar-refractivity contribution in [1.29, 1.82) is 0 Å². The van der Waals surface area contributed by atoms with E-state index in [0.717, 1.165) is 23.1 Å². The summed E-state index contributed by atoms with van der Waals surface area (Å²) in [6.07, 6.45) is 0.409. The molecule has 1 atom stereocenters. The third kappa shape index (κ3) is 3.30. The van der Waals surface area contributed by atoms with Gasteiger partial charge in [0.05, 0.1) is 24.2 Å². The number of morpholine rings is 1. The molecule has 0 aliphatic carbocycles. The van der Waals surface area contributed by atoms with Crippen LogP contribution in [0.5, 0.6) is 0 Å². The molecule has 1 saturated heterocycles. The van der Waals surface area contributed by atoms with Crippen molar-refractivity contribution in [2.24, 2.45) is 14.1 Å². The molecule has 1 amide bonds. The average Bonchev–Trinajstić information content (AvgIpc) is 2.78. The Morgan fingerprint density at radius 1 is 1.35 bits per heavy atom. The maximum absolute atomic E-state index is 12.0. The molecule has 7 nitrogen and oxygen atoms in total. The van der Waals surface area contributed by atoms with E-state index < -0.39 is 0 Å². The van der Waals surface area contributed by atoms with E-state index in [2.05, 4.69) is 10.6 Å².